The minimum Gasteiger partial charge on any atom is -0.368 e. The molecule has 1 fully saturated rings. The van der Waals surface area contributed by atoms with Gasteiger partial charge in [-0.25, -0.2) is 0 Å². The normalized spacial score (nSPS) is 25.4. The van der Waals surface area contributed by atoms with E-state index in [-0.39, 0.29) is 0 Å². The van der Waals surface area contributed by atoms with Gasteiger partial charge in [-0.1, -0.05) is 19.8 Å². The summed E-state index contributed by atoms with van der Waals surface area (Å²) >= 11 is 0. The van der Waals surface area contributed by atoms with Crippen molar-refractivity contribution in [3.8, 4) is 0 Å². The number of nitrogens with zero attached hydrogens (tertiary/aromatic N) is 2. The molecule has 1 aromatic rings. The summed E-state index contributed by atoms with van der Waals surface area (Å²) in [6.07, 6.45) is 5.50. The molecule has 2 rings (SSSR count). The Bertz CT molecular complexity index is 320. The fourth-order valence-electron chi connectivity index (χ4n) is 2.49. The Hall–Kier alpha value is -1.12. The Morgan fingerprint density at radius 2 is 2.19 bits per heavy atom. The minimum atomic E-state index is 0.812. The first-order chi connectivity index (χ1) is 7.74. The van der Waals surface area contributed by atoms with Crippen molar-refractivity contribution in [2.24, 2.45) is 11.8 Å². The second-order valence-corrected chi connectivity index (χ2v) is 5.08. The van der Waals surface area contributed by atoms with Crippen LogP contribution in [0, 0.1) is 18.8 Å². The Morgan fingerprint density at radius 1 is 1.31 bits per heavy atom. The summed E-state index contributed by atoms with van der Waals surface area (Å²) < 4.78 is 0. The van der Waals surface area contributed by atoms with Gasteiger partial charge in [0, 0.05) is 6.54 Å². The van der Waals surface area contributed by atoms with Crippen LogP contribution >= 0.6 is 0 Å². The van der Waals surface area contributed by atoms with Gasteiger partial charge in [-0.05, 0) is 43.7 Å². The number of anilines is 1. The van der Waals surface area contributed by atoms with Crippen LogP contribution < -0.4 is 5.32 Å². The molecule has 1 aliphatic rings. The minimum absolute atomic E-state index is 0.812. The van der Waals surface area contributed by atoms with E-state index in [0.29, 0.717) is 0 Å². The van der Waals surface area contributed by atoms with E-state index >= 15 is 0 Å². The highest BCUT2D eigenvalue weighted by Gasteiger charge is 2.18. The molecule has 3 nitrogen and oxygen atoms in total. The second kappa shape index (κ2) is 5.28. The van der Waals surface area contributed by atoms with E-state index in [1.54, 1.807) is 0 Å². The van der Waals surface area contributed by atoms with Gasteiger partial charge in [-0.3, -0.25) is 0 Å². The van der Waals surface area contributed by atoms with Gasteiger partial charge >= 0.3 is 0 Å². The molecule has 0 saturated heterocycles. The molecule has 0 radical (unpaired) electrons. The summed E-state index contributed by atoms with van der Waals surface area (Å²) in [5.41, 5.74) is 0.969. The fourth-order valence-corrected chi connectivity index (χ4v) is 2.49. The molecule has 1 heterocycles. The molecular formula is C13H21N3. The van der Waals surface area contributed by atoms with Gasteiger partial charge in [0.1, 0.15) is 5.82 Å². The van der Waals surface area contributed by atoms with Gasteiger partial charge in [-0.15, -0.1) is 5.10 Å². The number of aryl methyl sites for hydroxylation is 1. The largest absolute Gasteiger partial charge is 0.368 e. The van der Waals surface area contributed by atoms with Crippen molar-refractivity contribution >= 4 is 5.82 Å². The summed E-state index contributed by atoms with van der Waals surface area (Å²) in [6, 6.07) is 4.01. The first-order valence-corrected chi connectivity index (χ1v) is 6.28. The van der Waals surface area contributed by atoms with E-state index in [1.165, 1.54) is 25.7 Å². The topological polar surface area (TPSA) is 37.8 Å². The van der Waals surface area contributed by atoms with E-state index in [2.05, 4.69) is 22.4 Å². The average molecular weight is 219 g/mol. The molecule has 0 aromatic carbocycles. The predicted octanol–water partition coefficient (Wildman–Crippen LogP) is 3.02. The van der Waals surface area contributed by atoms with E-state index < -0.39 is 0 Å². The molecule has 2 unspecified atom stereocenters. The predicted molar refractivity (Wildman–Crippen MR) is 66.4 cm³/mol. The molecule has 3 heteroatoms. The summed E-state index contributed by atoms with van der Waals surface area (Å²) in [4.78, 5) is 0. The lowest BCUT2D eigenvalue weighted by atomic mass is 9.82. The molecule has 0 bridgehead atoms. The Labute approximate surface area is 97.7 Å². The smallest absolute Gasteiger partial charge is 0.148 e. The molecular weight excluding hydrogens is 198 g/mol. The standard InChI is InChI=1S/C13H21N3/c1-10-4-3-5-12(8-10)9-14-13-7-6-11(2)15-16-13/h6-7,10,12H,3-5,8-9H2,1-2H3,(H,14,16). The van der Waals surface area contributed by atoms with E-state index in [0.717, 1.165) is 29.9 Å². The fraction of sp³-hybridized carbons (Fsp3) is 0.692. The zero-order valence-electron chi connectivity index (χ0n) is 10.2. The molecule has 1 N–H and O–H groups in total. The van der Waals surface area contributed by atoms with Gasteiger partial charge in [0.25, 0.3) is 0 Å². The first-order valence-electron chi connectivity index (χ1n) is 6.28. The van der Waals surface area contributed by atoms with E-state index in [9.17, 15) is 0 Å². The van der Waals surface area contributed by atoms with Crippen molar-refractivity contribution in [3.05, 3.63) is 17.8 Å². The van der Waals surface area contributed by atoms with Gasteiger partial charge < -0.3 is 5.32 Å². The zero-order valence-corrected chi connectivity index (χ0v) is 10.2. The molecule has 16 heavy (non-hydrogen) atoms. The van der Waals surface area contributed by atoms with Crippen molar-refractivity contribution in [3.63, 3.8) is 0 Å². The maximum absolute atomic E-state index is 4.12. The van der Waals surface area contributed by atoms with Crippen LogP contribution in [0.25, 0.3) is 0 Å². The highest BCUT2D eigenvalue weighted by atomic mass is 15.2. The van der Waals surface area contributed by atoms with Crippen LogP contribution in [-0.4, -0.2) is 16.7 Å². The van der Waals surface area contributed by atoms with Crippen molar-refractivity contribution < 1.29 is 0 Å². The molecule has 1 saturated carbocycles. The lowest BCUT2D eigenvalue weighted by Gasteiger charge is -2.26. The van der Waals surface area contributed by atoms with Crippen LogP contribution in [0.15, 0.2) is 12.1 Å². The Kier molecular flexibility index (Phi) is 3.75. The lowest BCUT2D eigenvalue weighted by Crippen LogP contribution is -2.21. The third-order valence-corrected chi connectivity index (χ3v) is 3.41. The van der Waals surface area contributed by atoms with Crippen molar-refractivity contribution in [1.29, 1.82) is 0 Å². The van der Waals surface area contributed by atoms with Crippen molar-refractivity contribution in [2.75, 3.05) is 11.9 Å². The molecule has 88 valence electrons. The maximum atomic E-state index is 4.12. The van der Waals surface area contributed by atoms with Crippen LogP contribution in [0.1, 0.15) is 38.3 Å². The SMILES string of the molecule is Cc1ccc(NCC2CCCC(C)C2)nn1. The highest BCUT2D eigenvalue weighted by Crippen LogP contribution is 2.28. The second-order valence-electron chi connectivity index (χ2n) is 5.08. The van der Waals surface area contributed by atoms with Crippen LogP contribution in [-0.2, 0) is 0 Å². The molecule has 0 spiro atoms. The number of rotatable bonds is 3. The summed E-state index contributed by atoms with van der Waals surface area (Å²) in [6.45, 7) is 5.36. The first kappa shape index (κ1) is 11.4. The Morgan fingerprint density at radius 3 is 2.88 bits per heavy atom. The van der Waals surface area contributed by atoms with Crippen LogP contribution in [0.3, 0.4) is 0 Å². The number of nitrogens with one attached hydrogen (secondary N) is 1. The van der Waals surface area contributed by atoms with Crippen LogP contribution in [0.5, 0.6) is 0 Å². The van der Waals surface area contributed by atoms with Gasteiger partial charge in [0.15, 0.2) is 0 Å². The van der Waals surface area contributed by atoms with E-state index in [1.807, 2.05) is 19.1 Å². The summed E-state index contributed by atoms with van der Waals surface area (Å²) in [5.74, 6) is 2.61. The van der Waals surface area contributed by atoms with Gasteiger partial charge in [-0.2, -0.15) is 5.10 Å². The molecule has 2 atom stereocenters. The summed E-state index contributed by atoms with van der Waals surface area (Å²) in [5, 5.41) is 11.6. The zero-order chi connectivity index (χ0) is 11.4. The van der Waals surface area contributed by atoms with Gasteiger partial charge in [0.2, 0.25) is 0 Å². The van der Waals surface area contributed by atoms with Crippen LogP contribution in [0.2, 0.25) is 0 Å². The third kappa shape index (κ3) is 3.19. The van der Waals surface area contributed by atoms with Crippen LogP contribution in [0.4, 0.5) is 5.82 Å². The quantitative estimate of drug-likeness (QED) is 0.849. The number of hydrogen-bond donors (Lipinski definition) is 1. The maximum Gasteiger partial charge on any atom is 0.148 e. The van der Waals surface area contributed by atoms with Gasteiger partial charge in [0.05, 0.1) is 5.69 Å². The van der Waals surface area contributed by atoms with Crippen molar-refractivity contribution in [1.82, 2.24) is 10.2 Å². The highest BCUT2D eigenvalue weighted by molar-refractivity contribution is 5.32. The molecule has 1 aliphatic carbocycles. The lowest BCUT2D eigenvalue weighted by molar-refractivity contribution is 0.293. The third-order valence-electron chi connectivity index (χ3n) is 3.41. The summed E-state index contributed by atoms with van der Waals surface area (Å²) in [7, 11) is 0. The monoisotopic (exact) mass is 219 g/mol. The van der Waals surface area contributed by atoms with Crippen molar-refractivity contribution in [2.45, 2.75) is 39.5 Å². The number of aromatic nitrogens is 2. The Balaban J connectivity index is 1.80. The number of hydrogen-bond acceptors (Lipinski definition) is 3. The molecule has 0 amide bonds. The average Bonchev–Trinajstić information content (AvgIpc) is 2.28. The molecule has 1 aromatic heterocycles. The molecule has 0 aliphatic heterocycles. The van der Waals surface area contributed by atoms with E-state index in [4.69, 9.17) is 0 Å².